The molecular weight excluding hydrogens is 234 g/mol. The van der Waals surface area contributed by atoms with Crippen LogP contribution in [0.5, 0.6) is 0 Å². The minimum Gasteiger partial charge on any atom is -0.248 e. The summed E-state index contributed by atoms with van der Waals surface area (Å²) in [5.41, 5.74) is 4.59. The van der Waals surface area contributed by atoms with Crippen LogP contribution in [0.2, 0.25) is 0 Å². The van der Waals surface area contributed by atoms with Crippen molar-refractivity contribution in [1.82, 2.24) is 15.0 Å². The molecule has 0 aliphatic rings. The highest BCUT2D eigenvalue weighted by Crippen LogP contribution is 2.16. The van der Waals surface area contributed by atoms with Gasteiger partial charge in [-0.3, -0.25) is 0 Å². The van der Waals surface area contributed by atoms with E-state index in [1.807, 2.05) is 17.8 Å². The van der Waals surface area contributed by atoms with Crippen molar-refractivity contribution in [2.75, 3.05) is 0 Å². The first kappa shape index (κ1) is 12.1. The highest BCUT2D eigenvalue weighted by Gasteiger charge is 2.07. The molecule has 1 heterocycles. The van der Waals surface area contributed by atoms with Crippen molar-refractivity contribution in [3.63, 3.8) is 0 Å². The molecule has 90 valence electrons. The number of aryl methyl sites for hydroxylation is 2. The van der Waals surface area contributed by atoms with Crippen molar-refractivity contribution in [3.8, 4) is 0 Å². The van der Waals surface area contributed by atoms with Gasteiger partial charge < -0.3 is 0 Å². The molecular formula is C13H16ClN3. The van der Waals surface area contributed by atoms with Gasteiger partial charge in [0, 0.05) is 0 Å². The Labute approximate surface area is 106 Å². The lowest BCUT2D eigenvalue weighted by Gasteiger charge is -2.04. The lowest BCUT2D eigenvalue weighted by Crippen LogP contribution is -2.01. The SMILES string of the molecule is Cc1cc(C)cc(Cn2cc(C(C)Cl)nn2)c1. The quantitative estimate of drug-likeness (QED) is 0.782. The zero-order valence-corrected chi connectivity index (χ0v) is 11.1. The molecule has 0 amide bonds. The first-order valence-corrected chi connectivity index (χ1v) is 6.09. The maximum Gasteiger partial charge on any atom is 0.100 e. The molecule has 1 aromatic carbocycles. The van der Waals surface area contributed by atoms with Crippen LogP contribution >= 0.6 is 11.6 Å². The van der Waals surface area contributed by atoms with Gasteiger partial charge >= 0.3 is 0 Å². The van der Waals surface area contributed by atoms with Crippen LogP contribution in [0.3, 0.4) is 0 Å². The molecule has 17 heavy (non-hydrogen) atoms. The van der Waals surface area contributed by atoms with E-state index in [0.29, 0.717) is 0 Å². The number of halogens is 1. The molecule has 1 aromatic heterocycles. The van der Waals surface area contributed by atoms with Gasteiger partial charge in [-0.15, -0.1) is 16.7 Å². The van der Waals surface area contributed by atoms with Crippen LogP contribution < -0.4 is 0 Å². The topological polar surface area (TPSA) is 30.7 Å². The third-order valence-corrected chi connectivity index (χ3v) is 2.81. The van der Waals surface area contributed by atoms with Crippen LogP contribution in [0, 0.1) is 13.8 Å². The second kappa shape index (κ2) is 4.88. The minimum atomic E-state index is -0.0944. The summed E-state index contributed by atoms with van der Waals surface area (Å²) in [5, 5.41) is 8.02. The molecule has 3 nitrogen and oxygen atoms in total. The molecule has 0 saturated carbocycles. The predicted molar refractivity (Wildman–Crippen MR) is 69.3 cm³/mol. The van der Waals surface area contributed by atoms with Gasteiger partial charge in [0.25, 0.3) is 0 Å². The fraction of sp³-hybridized carbons (Fsp3) is 0.385. The molecule has 2 aromatic rings. The highest BCUT2D eigenvalue weighted by molar-refractivity contribution is 6.20. The van der Waals surface area contributed by atoms with E-state index < -0.39 is 0 Å². The molecule has 2 rings (SSSR count). The number of alkyl halides is 1. The van der Waals surface area contributed by atoms with Gasteiger partial charge in [-0.1, -0.05) is 34.5 Å². The summed E-state index contributed by atoms with van der Waals surface area (Å²) in [4.78, 5) is 0. The molecule has 1 unspecified atom stereocenters. The minimum absolute atomic E-state index is 0.0944. The van der Waals surface area contributed by atoms with Crippen LogP contribution in [0.4, 0.5) is 0 Å². The van der Waals surface area contributed by atoms with Gasteiger partial charge in [0.15, 0.2) is 0 Å². The van der Waals surface area contributed by atoms with E-state index in [1.54, 1.807) is 0 Å². The summed E-state index contributed by atoms with van der Waals surface area (Å²) in [6, 6.07) is 6.49. The maximum atomic E-state index is 5.95. The Kier molecular flexibility index (Phi) is 3.48. The van der Waals surface area contributed by atoms with Gasteiger partial charge in [0.05, 0.1) is 18.1 Å². The number of hydrogen-bond donors (Lipinski definition) is 0. The van der Waals surface area contributed by atoms with Gasteiger partial charge in [-0.2, -0.15) is 0 Å². The van der Waals surface area contributed by atoms with Crippen molar-refractivity contribution in [2.45, 2.75) is 32.7 Å². The smallest absolute Gasteiger partial charge is 0.100 e. The summed E-state index contributed by atoms with van der Waals surface area (Å²) >= 11 is 5.95. The third kappa shape index (κ3) is 3.07. The van der Waals surface area contributed by atoms with Gasteiger partial charge in [-0.25, -0.2) is 4.68 Å². The van der Waals surface area contributed by atoms with E-state index in [-0.39, 0.29) is 5.38 Å². The monoisotopic (exact) mass is 249 g/mol. The van der Waals surface area contributed by atoms with E-state index >= 15 is 0 Å². The fourth-order valence-electron chi connectivity index (χ4n) is 1.92. The Hall–Kier alpha value is -1.35. The molecule has 0 aliphatic carbocycles. The van der Waals surface area contributed by atoms with E-state index in [4.69, 9.17) is 11.6 Å². The number of rotatable bonds is 3. The average Bonchev–Trinajstić information content (AvgIpc) is 2.64. The third-order valence-electron chi connectivity index (χ3n) is 2.59. The van der Waals surface area contributed by atoms with E-state index in [2.05, 4.69) is 42.4 Å². The van der Waals surface area contributed by atoms with Crippen molar-refractivity contribution < 1.29 is 0 Å². The molecule has 4 heteroatoms. The number of hydrogen-bond acceptors (Lipinski definition) is 2. The Morgan fingerprint density at radius 1 is 1.24 bits per heavy atom. The summed E-state index contributed by atoms with van der Waals surface area (Å²) in [7, 11) is 0. The van der Waals surface area contributed by atoms with Crippen LogP contribution in [-0.4, -0.2) is 15.0 Å². The molecule has 0 spiro atoms. The van der Waals surface area contributed by atoms with Crippen LogP contribution in [-0.2, 0) is 6.54 Å². The number of aromatic nitrogens is 3. The molecule has 0 fully saturated rings. The first-order valence-electron chi connectivity index (χ1n) is 5.66. The Bertz CT molecular complexity index is 497. The van der Waals surface area contributed by atoms with Gasteiger partial charge in [0.2, 0.25) is 0 Å². The van der Waals surface area contributed by atoms with Crippen LogP contribution in [0.1, 0.15) is 34.7 Å². The molecule has 0 bridgehead atoms. The molecule has 0 aliphatic heterocycles. The molecule has 1 atom stereocenters. The molecule has 0 saturated heterocycles. The summed E-state index contributed by atoms with van der Waals surface area (Å²) < 4.78 is 1.82. The van der Waals surface area contributed by atoms with Crippen molar-refractivity contribution >= 4 is 11.6 Å². The van der Waals surface area contributed by atoms with Crippen molar-refractivity contribution in [1.29, 1.82) is 0 Å². The van der Waals surface area contributed by atoms with Gasteiger partial charge in [-0.05, 0) is 26.3 Å². The Morgan fingerprint density at radius 2 is 1.88 bits per heavy atom. The fourth-order valence-corrected chi connectivity index (χ4v) is 2.02. The number of benzene rings is 1. The highest BCUT2D eigenvalue weighted by atomic mass is 35.5. The average molecular weight is 250 g/mol. The first-order chi connectivity index (χ1) is 8.04. The van der Waals surface area contributed by atoms with Crippen molar-refractivity contribution in [3.05, 3.63) is 46.8 Å². The summed E-state index contributed by atoms with van der Waals surface area (Å²) in [5.74, 6) is 0. The van der Waals surface area contributed by atoms with E-state index in [9.17, 15) is 0 Å². The summed E-state index contributed by atoms with van der Waals surface area (Å²) in [6.07, 6.45) is 1.90. The normalized spacial score (nSPS) is 12.7. The van der Waals surface area contributed by atoms with E-state index in [0.717, 1.165) is 12.2 Å². The molecule has 0 radical (unpaired) electrons. The lowest BCUT2D eigenvalue weighted by atomic mass is 10.1. The molecule has 0 N–H and O–H groups in total. The second-order valence-corrected chi connectivity index (χ2v) is 5.11. The number of nitrogens with zero attached hydrogens (tertiary/aromatic N) is 3. The van der Waals surface area contributed by atoms with E-state index in [1.165, 1.54) is 16.7 Å². The largest absolute Gasteiger partial charge is 0.248 e. The van der Waals surface area contributed by atoms with Crippen molar-refractivity contribution in [2.24, 2.45) is 0 Å². The second-order valence-electron chi connectivity index (χ2n) is 4.45. The zero-order valence-electron chi connectivity index (χ0n) is 10.3. The maximum absolute atomic E-state index is 5.95. The standard InChI is InChI=1S/C13H16ClN3/c1-9-4-10(2)6-12(5-9)7-17-8-13(11(3)14)15-16-17/h4-6,8,11H,7H2,1-3H3. The summed E-state index contributed by atoms with van der Waals surface area (Å²) in [6.45, 7) is 6.83. The lowest BCUT2D eigenvalue weighted by molar-refractivity contribution is 0.648. The predicted octanol–water partition coefficient (Wildman–Crippen LogP) is 3.24. The van der Waals surface area contributed by atoms with Gasteiger partial charge in [0.1, 0.15) is 5.69 Å². The van der Waals surface area contributed by atoms with Crippen LogP contribution in [0.25, 0.3) is 0 Å². The Balaban J connectivity index is 2.19. The van der Waals surface area contributed by atoms with Crippen LogP contribution in [0.15, 0.2) is 24.4 Å². The Morgan fingerprint density at radius 3 is 2.41 bits per heavy atom. The zero-order chi connectivity index (χ0) is 12.4.